The molecule has 0 saturated carbocycles. The van der Waals surface area contributed by atoms with Crippen molar-refractivity contribution in [3.63, 3.8) is 0 Å². The fourth-order valence-corrected chi connectivity index (χ4v) is 4.34. The molecule has 6 heteroatoms. The molecular formula is C17H20FN3OS. The summed E-state index contributed by atoms with van der Waals surface area (Å²) >= 11 is 1.80. The normalized spacial score (nSPS) is 27.8. The quantitative estimate of drug-likeness (QED) is 0.933. The van der Waals surface area contributed by atoms with Gasteiger partial charge in [0.05, 0.1) is 18.2 Å². The van der Waals surface area contributed by atoms with Gasteiger partial charge in [-0.2, -0.15) is 0 Å². The van der Waals surface area contributed by atoms with E-state index < -0.39 is 0 Å². The van der Waals surface area contributed by atoms with Crippen molar-refractivity contribution < 1.29 is 9.13 Å². The van der Waals surface area contributed by atoms with E-state index in [2.05, 4.69) is 32.7 Å². The molecule has 2 aliphatic heterocycles. The number of aromatic nitrogens is 1. The Balaban J connectivity index is 1.36. The summed E-state index contributed by atoms with van der Waals surface area (Å²) in [5.41, 5.74) is -0.0832. The average molecular weight is 333 g/mol. The zero-order valence-electron chi connectivity index (χ0n) is 12.9. The van der Waals surface area contributed by atoms with E-state index in [9.17, 15) is 4.39 Å². The monoisotopic (exact) mass is 333 g/mol. The number of halogens is 1. The summed E-state index contributed by atoms with van der Waals surface area (Å²) < 4.78 is 19.8. The first kappa shape index (κ1) is 15.1. The second-order valence-corrected chi connectivity index (χ2v) is 7.45. The summed E-state index contributed by atoms with van der Waals surface area (Å²) in [5.74, 6) is 0.0192. The Morgan fingerprint density at radius 3 is 3.22 bits per heavy atom. The van der Waals surface area contributed by atoms with Crippen LogP contribution in [-0.2, 0) is 11.3 Å². The summed E-state index contributed by atoms with van der Waals surface area (Å²) in [6, 6.07) is 7.44. The maximum absolute atomic E-state index is 13.7. The van der Waals surface area contributed by atoms with Gasteiger partial charge in [-0.15, -0.1) is 11.3 Å². The third-order valence-electron chi connectivity index (χ3n) is 4.66. The van der Waals surface area contributed by atoms with Gasteiger partial charge in [-0.05, 0) is 30.0 Å². The molecule has 4 heterocycles. The minimum absolute atomic E-state index is 0.0832. The SMILES string of the molecule is Fc1cccnc1N[C@@H]1CO[C@]2(CCN(Cc3cccs3)C2)C1. The number of anilines is 1. The average Bonchev–Trinajstić information content (AvgIpc) is 3.26. The summed E-state index contributed by atoms with van der Waals surface area (Å²) in [6.07, 6.45) is 3.56. The summed E-state index contributed by atoms with van der Waals surface area (Å²) in [6.45, 7) is 3.62. The second kappa shape index (κ2) is 6.19. The summed E-state index contributed by atoms with van der Waals surface area (Å²) in [5, 5.41) is 5.31. The van der Waals surface area contributed by atoms with Crippen molar-refractivity contribution in [1.29, 1.82) is 0 Å². The highest BCUT2D eigenvalue weighted by atomic mass is 32.1. The van der Waals surface area contributed by atoms with Gasteiger partial charge in [-0.3, -0.25) is 4.90 Å². The van der Waals surface area contributed by atoms with Crippen LogP contribution < -0.4 is 5.32 Å². The molecule has 4 rings (SSSR count). The van der Waals surface area contributed by atoms with Gasteiger partial charge in [0.1, 0.15) is 0 Å². The Labute approximate surface area is 139 Å². The van der Waals surface area contributed by atoms with Crippen LogP contribution in [0.5, 0.6) is 0 Å². The molecule has 0 bridgehead atoms. The Kier molecular flexibility index (Phi) is 4.05. The maximum atomic E-state index is 13.7. The highest BCUT2D eigenvalue weighted by molar-refractivity contribution is 7.09. The zero-order valence-corrected chi connectivity index (χ0v) is 13.7. The smallest absolute Gasteiger partial charge is 0.165 e. The molecule has 23 heavy (non-hydrogen) atoms. The van der Waals surface area contributed by atoms with Gasteiger partial charge in [-0.1, -0.05) is 6.07 Å². The van der Waals surface area contributed by atoms with Crippen LogP contribution >= 0.6 is 11.3 Å². The van der Waals surface area contributed by atoms with Crippen LogP contribution in [0.4, 0.5) is 10.2 Å². The van der Waals surface area contributed by atoms with E-state index in [4.69, 9.17) is 4.74 Å². The van der Waals surface area contributed by atoms with Crippen LogP contribution in [0.2, 0.25) is 0 Å². The van der Waals surface area contributed by atoms with Crippen molar-refractivity contribution >= 4 is 17.2 Å². The molecule has 0 unspecified atom stereocenters. The highest BCUT2D eigenvalue weighted by Gasteiger charge is 2.45. The Morgan fingerprint density at radius 1 is 1.43 bits per heavy atom. The first-order valence-corrected chi connectivity index (χ1v) is 8.86. The molecule has 2 fully saturated rings. The first-order valence-electron chi connectivity index (χ1n) is 7.98. The van der Waals surface area contributed by atoms with Gasteiger partial charge < -0.3 is 10.1 Å². The van der Waals surface area contributed by atoms with E-state index in [0.29, 0.717) is 12.4 Å². The van der Waals surface area contributed by atoms with Gasteiger partial charge in [0.2, 0.25) is 0 Å². The molecule has 2 atom stereocenters. The van der Waals surface area contributed by atoms with Gasteiger partial charge in [0, 0.05) is 37.1 Å². The highest BCUT2D eigenvalue weighted by Crippen LogP contribution is 2.36. The molecular weight excluding hydrogens is 313 g/mol. The number of rotatable bonds is 4. The summed E-state index contributed by atoms with van der Waals surface area (Å²) in [7, 11) is 0. The maximum Gasteiger partial charge on any atom is 0.165 e. The molecule has 2 aromatic rings. The number of nitrogens with zero attached hydrogens (tertiary/aromatic N) is 2. The lowest BCUT2D eigenvalue weighted by Crippen LogP contribution is -2.33. The molecule has 4 nitrogen and oxygen atoms in total. The molecule has 0 aliphatic carbocycles. The second-order valence-electron chi connectivity index (χ2n) is 6.41. The van der Waals surface area contributed by atoms with Crippen LogP contribution in [0.25, 0.3) is 0 Å². The molecule has 1 spiro atoms. The van der Waals surface area contributed by atoms with E-state index in [1.54, 1.807) is 23.6 Å². The lowest BCUT2D eigenvalue weighted by atomic mass is 9.97. The Morgan fingerprint density at radius 2 is 2.39 bits per heavy atom. The van der Waals surface area contributed by atoms with Gasteiger partial charge in [0.15, 0.2) is 11.6 Å². The van der Waals surface area contributed by atoms with Crippen molar-refractivity contribution in [2.45, 2.75) is 31.0 Å². The zero-order chi connectivity index (χ0) is 15.7. The molecule has 0 radical (unpaired) electrons. The molecule has 2 aliphatic rings. The van der Waals surface area contributed by atoms with E-state index in [-0.39, 0.29) is 17.5 Å². The minimum Gasteiger partial charge on any atom is -0.371 e. The molecule has 0 amide bonds. The Bertz CT molecular complexity index is 666. The van der Waals surface area contributed by atoms with E-state index in [0.717, 1.165) is 32.5 Å². The third kappa shape index (κ3) is 3.24. The van der Waals surface area contributed by atoms with E-state index in [1.165, 1.54) is 10.9 Å². The minimum atomic E-state index is -0.306. The van der Waals surface area contributed by atoms with Crippen molar-refractivity contribution in [3.05, 3.63) is 46.5 Å². The predicted molar refractivity (Wildman–Crippen MR) is 89.1 cm³/mol. The number of ether oxygens (including phenoxy) is 1. The standard InChI is InChI=1S/C17H20FN3OS/c18-15-4-1-6-19-16(15)20-13-9-17(22-11-13)5-7-21(12-17)10-14-3-2-8-23-14/h1-4,6,8,13H,5,7,9-12H2,(H,19,20)/t13-,17+/m0/s1. The fraction of sp³-hybridized carbons (Fsp3) is 0.471. The number of likely N-dealkylation sites (tertiary alicyclic amines) is 1. The topological polar surface area (TPSA) is 37.4 Å². The van der Waals surface area contributed by atoms with Gasteiger partial charge >= 0.3 is 0 Å². The van der Waals surface area contributed by atoms with Crippen molar-refractivity contribution in [2.75, 3.05) is 25.0 Å². The number of nitrogens with one attached hydrogen (secondary N) is 1. The van der Waals surface area contributed by atoms with Crippen molar-refractivity contribution in [3.8, 4) is 0 Å². The molecule has 2 aromatic heterocycles. The molecule has 1 N–H and O–H groups in total. The number of pyridine rings is 1. The number of hydrogen-bond acceptors (Lipinski definition) is 5. The van der Waals surface area contributed by atoms with Crippen LogP contribution in [0, 0.1) is 5.82 Å². The molecule has 2 saturated heterocycles. The number of hydrogen-bond donors (Lipinski definition) is 1. The van der Waals surface area contributed by atoms with Crippen molar-refractivity contribution in [1.82, 2.24) is 9.88 Å². The fourth-order valence-electron chi connectivity index (χ4n) is 3.59. The predicted octanol–water partition coefficient (Wildman–Crippen LogP) is 3.13. The summed E-state index contributed by atoms with van der Waals surface area (Å²) in [4.78, 5) is 7.92. The number of thiophene rings is 1. The van der Waals surface area contributed by atoms with Crippen LogP contribution in [-0.4, -0.2) is 41.2 Å². The first-order chi connectivity index (χ1) is 11.2. The lowest BCUT2D eigenvalue weighted by molar-refractivity contribution is 0.0120. The van der Waals surface area contributed by atoms with E-state index >= 15 is 0 Å². The lowest BCUT2D eigenvalue weighted by Gasteiger charge is -2.23. The van der Waals surface area contributed by atoms with Crippen LogP contribution in [0.15, 0.2) is 35.8 Å². The van der Waals surface area contributed by atoms with Crippen LogP contribution in [0.3, 0.4) is 0 Å². The molecule has 122 valence electrons. The van der Waals surface area contributed by atoms with Crippen molar-refractivity contribution in [2.24, 2.45) is 0 Å². The van der Waals surface area contributed by atoms with E-state index in [1.807, 2.05) is 0 Å². The van der Waals surface area contributed by atoms with Gasteiger partial charge in [-0.25, -0.2) is 9.37 Å². The third-order valence-corrected chi connectivity index (χ3v) is 5.52. The largest absolute Gasteiger partial charge is 0.371 e. The van der Waals surface area contributed by atoms with Crippen LogP contribution in [0.1, 0.15) is 17.7 Å². The molecule has 0 aromatic carbocycles. The Hall–Kier alpha value is -1.50. The van der Waals surface area contributed by atoms with Gasteiger partial charge in [0.25, 0.3) is 0 Å².